The summed E-state index contributed by atoms with van der Waals surface area (Å²) in [6.45, 7) is 7.39. The molecular formula is C29H32FN3O3S. The van der Waals surface area contributed by atoms with Crippen LogP contribution >= 0.6 is 0 Å². The van der Waals surface area contributed by atoms with E-state index in [-0.39, 0.29) is 12.5 Å². The minimum Gasteiger partial charge on any atom is -0.351 e. The van der Waals surface area contributed by atoms with E-state index in [1.807, 2.05) is 0 Å². The van der Waals surface area contributed by atoms with E-state index in [9.17, 15) is 18.2 Å². The molecule has 0 saturated heterocycles. The van der Waals surface area contributed by atoms with Crippen molar-refractivity contribution in [1.29, 1.82) is 0 Å². The number of benzene rings is 3. The van der Waals surface area contributed by atoms with E-state index >= 15 is 0 Å². The molecule has 1 atom stereocenters. The van der Waals surface area contributed by atoms with Crippen molar-refractivity contribution < 1.29 is 18.2 Å². The van der Waals surface area contributed by atoms with Gasteiger partial charge in [-0.1, -0.05) is 44.2 Å². The minimum absolute atomic E-state index is 0.0574. The standard InChI is InChI=1S/C29H32FN3O3S/c1-3-16-32(17-4-2)18-15-31-28(34)21-13-14-27-25(19-21)33(20-22-9-5-7-11-24(22)30)29(35)23-10-6-8-12-26(23)37(27)36/h5-14,19H,3-4,15-18,20H2,1-2H3,(H,31,34)/t37-/m1/s1. The van der Waals surface area contributed by atoms with Gasteiger partial charge >= 0.3 is 0 Å². The summed E-state index contributed by atoms with van der Waals surface area (Å²) in [5.41, 5.74) is 1.32. The third kappa shape index (κ3) is 5.97. The molecule has 3 aromatic carbocycles. The molecule has 8 heteroatoms. The van der Waals surface area contributed by atoms with Crippen LogP contribution in [0.5, 0.6) is 0 Å². The van der Waals surface area contributed by atoms with E-state index in [0.717, 1.165) is 32.5 Å². The van der Waals surface area contributed by atoms with Gasteiger partial charge in [0.15, 0.2) is 0 Å². The fraction of sp³-hybridized carbons (Fsp3) is 0.310. The average Bonchev–Trinajstić information content (AvgIpc) is 2.99. The second-order valence-electron chi connectivity index (χ2n) is 9.03. The van der Waals surface area contributed by atoms with Gasteiger partial charge in [0.05, 0.1) is 38.4 Å². The summed E-state index contributed by atoms with van der Waals surface area (Å²) in [6.07, 6.45) is 2.09. The molecule has 0 radical (unpaired) electrons. The Morgan fingerprint density at radius 1 is 0.946 bits per heavy atom. The molecule has 0 spiro atoms. The number of rotatable bonds is 10. The Labute approximate surface area is 219 Å². The molecule has 1 N–H and O–H groups in total. The van der Waals surface area contributed by atoms with Crippen LogP contribution in [0.3, 0.4) is 0 Å². The summed E-state index contributed by atoms with van der Waals surface area (Å²) in [5.74, 6) is -1.10. The summed E-state index contributed by atoms with van der Waals surface area (Å²) < 4.78 is 28.1. The largest absolute Gasteiger partial charge is 0.351 e. The maximum Gasteiger partial charge on any atom is 0.259 e. The first-order valence-electron chi connectivity index (χ1n) is 12.6. The van der Waals surface area contributed by atoms with Crippen LogP contribution < -0.4 is 10.2 Å². The van der Waals surface area contributed by atoms with Crippen LogP contribution in [0.2, 0.25) is 0 Å². The number of carbonyl (C=O) groups excluding carboxylic acids is 2. The Balaban J connectivity index is 1.66. The van der Waals surface area contributed by atoms with Gasteiger partial charge < -0.3 is 15.1 Å². The smallest absolute Gasteiger partial charge is 0.259 e. The molecule has 0 saturated carbocycles. The predicted octanol–water partition coefficient (Wildman–Crippen LogP) is 5.00. The minimum atomic E-state index is -1.64. The van der Waals surface area contributed by atoms with Crippen LogP contribution in [-0.4, -0.2) is 47.1 Å². The van der Waals surface area contributed by atoms with E-state index in [1.54, 1.807) is 60.7 Å². The van der Waals surface area contributed by atoms with Gasteiger partial charge in [-0.25, -0.2) is 8.60 Å². The van der Waals surface area contributed by atoms with Crippen molar-refractivity contribution in [2.75, 3.05) is 31.1 Å². The van der Waals surface area contributed by atoms with Crippen LogP contribution in [0, 0.1) is 5.82 Å². The summed E-state index contributed by atoms with van der Waals surface area (Å²) in [4.78, 5) is 31.3. The molecule has 3 aromatic rings. The highest BCUT2D eigenvalue weighted by Crippen LogP contribution is 2.36. The van der Waals surface area contributed by atoms with Gasteiger partial charge in [-0.15, -0.1) is 0 Å². The Morgan fingerprint density at radius 3 is 2.38 bits per heavy atom. The second-order valence-corrected chi connectivity index (χ2v) is 10.4. The number of nitrogens with one attached hydrogen (secondary N) is 1. The van der Waals surface area contributed by atoms with Gasteiger partial charge in [0.1, 0.15) is 5.82 Å². The summed E-state index contributed by atoms with van der Waals surface area (Å²) in [7, 11) is -1.64. The van der Waals surface area contributed by atoms with Crippen molar-refractivity contribution in [3.63, 3.8) is 0 Å². The van der Waals surface area contributed by atoms with Crippen molar-refractivity contribution in [2.45, 2.75) is 43.0 Å². The third-order valence-corrected chi connectivity index (χ3v) is 7.85. The molecule has 0 unspecified atom stereocenters. The van der Waals surface area contributed by atoms with Gasteiger partial charge in [0.2, 0.25) is 0 Å². The maximum absolute atomic E-state index is 14.6. The summed E-state index contributed by atoms with van der Waals surface area (Å²) in [5, 5.41) is 2.96. The molecule has 1 aliphatic heterocycles. The van der Waals surface area contributed by atoms with Gasteiger partial charge in [0.25, 0.3) is 11.8 Å². The van der Waals surface area contributed by atoms with Crippen molar-refractivity contribution in [3.8, 4) is 0 Å². The van der Waals surface area contributed by atoms with E-state index in [2.05, 4.69) is 24.1 Å². The second kappa shape index (κ2) is 12.3. The van der Waals surface area contributed by atoms with Crippen molar-refractivity contribution >= 4 is 28.3 Å². The fourth-order valence-electron chi connectivity index (χ4n) is 4.56. The highest BCUT2D eigenvalue weighted by molar-refractivity contribution is 7.85. The Morgan fingerprint density at radius 2 is 1.65 bits per heavy atom. The average molecular weight is 522 g/mol. The lowest BCUT2D eigenvalue weighted by Crippen LogP contribution is -2.36. The SMILES string of the molecule is CCCN(CCC)CCNC(=O)c1ccc2c(c1)N(Cc1ccccc1F)C(=O)c1ccccc1[S@]2=O. The normalized spacial score (nSPS) is 14.8. The lowest BCUT2D eigenvalue weighted by Gasteiger charge is -2.24. The molecule has 37 heavy (non-hydrogen) atoms. The first-order chi connectivity index (χ1) is 17.9. The van der Waals surface area contributed by atoms with E-state index < -0.39 is 22.5 Å². The highest BCUT2D eigenvalue weighted by Gasteiger charge is 2.32. The predicted molar refractivity (Wildman–Crippen MR) is 144 cm³/mol. The van der Waals surface area contributed by atoms with Crippen LogP contribution in [0.15, 0.2) is 76.5 Å². The van der Waals surface area contributed by atoms with E-state index in [4.69, 9.17) is 0 Å². The van der Waals surface area contributed by atoms with Crippen LogP contribution in [0.25, 0.3) is 0 Å². The first-order valence-corrected chi connectivity index (χ1v) is 13.8. The van der Waals surface area contributed by atoms with Crippen LogP contribution in [0.1, 0.15) is 53.0 Å². The molecule has 2 amide bonds. The Kier molecular flexibility index (Phi) is 8.84. The molecule has 0 bridgehead atoms. The van der Waals surface area contributed by atoms with Crippen LogP contribution in [-0.2, 0) is 17.3 Å². The zero-order chi connectivity index (χ0) is 26.4. The summed E-state index contributed by atoms with van der Waals surface area (Å²) >= 11 is 0. The van der Waals surface area contributed by atoms with Crippen molar-refractivity contribution in [2.24, 2.45) is 0 Å². The lowest BCUT2D eigenvalue weighted by atomic mass is 10.1. The molecular weight excluding hydrogens is 489 g/mol. The van der Waals surface area contributed by atoms with Crippen LogP contribution in [0.4, 0.5) is 10.1 Å². The molecule has 0 aromatic heterocycles. The molecule has 1 aliphatic rings. The number of fused-ring (bicyclic) bond motifs is 2. The Bertz CT molecular complexity index is 1310. The topological polar surface area (TPSA) is 69.7 Å². The Hall–Kier alpha value is -3.36. The third-order valence-electron chi connectivity index (χ3n) is 6.35. The quantitative estimate of drug-likeness (QED) is 0.408. The van der Waals surface area contributed by atoms with Crippen molar-refractivity contribution in [3.05, 3.63) is 89.2 Å². The number of halogens is 1. The van der Waals surface area contributed by atoms with Gasteiger partial charge in [0, 0.05) is 24.2 Å². The van der Waals surface area contributed by atoms with E-state index in [0.29, 0.717) is 38.7 Å². The number of nitrogens with zero attached hydrogens (tertiary/aromatic N) is 2. The molecule has 1 heterocycles. The molecule has 0 fully saturated rings. The van der Waals surface area contributed by atoms with Gasteiger partial charge in [-0.05, 0) is 62.3 Å². The van der Waals surface area contributed by atoms with Gasteiger partial charge in [-0.3, -0.25) is 9.59 Å². The molecule has 6 nitrogen and oxygen atoms in total. The van der Waals surface area contributed by atoms with E-state index in [1.165, 1.54) is 11.0 Å². The van der Waals surface area contributed by atoms with Gasteiger partial charge in [-0.2, -0.15) is 0 Å². The zero-order valence-electron chi connectivity index (χ0n) is 21.2. The number of hydrogen-bond donors (Lipinski definition) is 1. The molecule has 4 rings (SSSR count). The monoisotopic (exact) mass is 521 g/mol. The maximum atomic E-state index is 14.6. The molecule has 194 valence electrons. The number of amides is 2. The zero-order valence-corrected chi connectivity index (χ0v) is 22.0. The van der Waals surface area contributed by atoms with Crippen molar-refractivity contribution in [1.82, 2.24) is 10.2 Å². The molecule has 0 aliphatic carbocycles. The lowest BCUT2D eigenvalue weighted by molar-refractivity contribution is 0.0945. The number of hydrogen-bond acceptors (Lipinski definition) is 4. The number of anilines is 1. The number of carbonyl (C=O) groups is 2. The fourth-order valence-corrected chi connectivity index (χ4v) is 5.90. The summed E-state index contributed by atoms with van der Waals surface area (Å²) in [6, 6.07) is 17.8. The first kappa shape index (κ1) is 26.7. The highest BCUT2D eigenvalue weighted by atomic mass is 32.2.